The van der Waals surface area contributed by atoms with Crippen molar-refractivity contribution in [3.8, 4) is 5.75 Å². The van der Waals surface area contributed by atoms with E-state index >= 15 is 0 Å². The van der Waals surface area contributed by atoms with Crippen LogP contribution in [0.1, 0.15) is 53.4 Å². The molecule has 0 fully saturated rings. The average molecular weight is 419 g/mol. The van der Waals surface area contributed by atoms with Crippen molar-refractivity contribution < 1.29 is 14.3 Å². The van der Waals surface area contributed by atoms with E-state index in [9.17, 15) is 4.79 Å². The van der Waals surface area contributed by atoms with Gasteiger partial charge in [-0.25, -0.2) is 4.79 Å². The molecule has 0 unspecified atom stereocenters. The second-order valence-corrected chi connectivity index (χ2v) is 8.14. The lowest BCUT2D eigenvalue weighted by Crippen LogP contribution is -2.20. The Morgan fingerprint density at radius 1 is 1.14 bits per heavy atom. The third kappa shape index (κ3) is 4.83. The van der Waals surface area contributed by atoms with E-state index < -0.39 is 0 Å². The summed E-state index contributed by atoms with van der Waals surface area (Å²) in [4.78, 5) is 13.8. The van der Waals surface area contributed by atoms with E-state index in [0.717, 1.165) is 47.7 Å². The fraction of sp³-hybridized carbons (Fsp3) is 0.429. The molecule has 1 aliphatic rings. The first-order valence-corrected chi connectivity index (χ1v) is 10.9. The van der Waals surface area contributed by atoms with Crippen LogP contribution >= 0.6 is 23.6 Å². The topological polar surface area (TPSA) is 59.6 Å². The smallest absolute Gasteiger partial charge is 0.341 e. The van der Waals surface area contributed by atoms with Gasteiger partial charge < -0.3 is 20.1 Å². The molecule has 5 nitrogen and oxygen atoms in total. The van der Waals surface area contributed by atoms with E-state index in [1.54, 1.807) is 11.3 Å². The first kappa shape index (κ1) is 20.6. The molecule has 1 heterocycles. The second kappa shape index (κ2) is 9.89. The number of esters is 1. The molecule has 0 spiro atoms. The first-order valence-electron chi connectivity index (χ1n) is 9.66. The summed E-state index contributed by atoms with van der Waals surface area (Å²) in [5.41, 5.74) is 2.54. The predicted molar refractivity (Wildman–Crippen MR) is 119 cm³/mol. The zero-order chi connectivity index (χ0) is 19.9. The number of hydrogen-bond donors (Lipinski definition) is 2. The van der Waals surface area contributed by atoms with Gasteiger partial charge in [0.15, 0.2) is 5.11 Å². The Morgan fingerprint density at radius 3 is 2.64 bits per heavy atom. The third-order valence-electron chi connectivity index (χ3n) is 4.72. The summed E-state index contributed by atoms with van der Waals surface area (Å²) in [5.74, 6) is 0.430. The number of nitrogens with one attached hydrogen (secondary N) is 2. The lowest BCUT2D eigenvalue weighted by Gasteiger charge is -2.14. The van der Waals surface area contributed by atoms with Gasteiger partial charge in [-0.2, -0.15) is 0 Å². The van der Waals surface area contributed by atoms with E-state index in [4.69, 9.17) is 21.7 Å². The van der Waals surface area contributed by atoms with Crippen molar-refractivity contribution in [2.24, 2.45) is 0 Å². The molecule has 1 aromatic heterocycles. The number of thiocarbonyl (C=S) groups is 1. The van der Waals surface area contributed by atoms with Gasteiger partial charge in [0.2, 0.25) is 0 Å². The lowest BCUT2D eigenvalue weighted by molar-refractivity contribution is 0.0601. The molecule has 28 heavy (non-hydrogen) atoms. The van der Waals surface area contributed by atoms with Crippen LogP contribution in [0.4, 0.5) is 10.7 Å². The van der Waals surface area contributed by atoms with Gasteiger partial charge in [0, 0.05) is 4.88 Å². The number of ether oxygens (including phenoxy) is 2. The van der Waals surface area contributed by atoms with Gasteiger partial charge in [-0.1, -0.05) is 25.0 Å². The molecule has 0 radical (unpaired) electrons. The maximum Gasteiger partial charge on any atom is 0.341 e. The van der Waals surface area contributed by atoms with Crippen molar-refractivity contribution in [1.82, 2.24) is 0 Å². The summed E-state index contributed by atoms with van der Waals surface area (Å²) >= 11 is 7.13. The quantitative estimate of drug-likeness (QED) is 0.501. The molecule has 0 bridgehead atoms. The van der Waals surface area contributed by atoms with Crippen molar-refractivity contribution in [2.45, 2.75) is 45.4 Å². The van der Waals surface area contributed by atoms with Crippen LogP contribution in [-0.4, -0.2) is 24.8 Å². The first-order chi connectivity index (χ1) is 13.6. The number of thiophene rings is 1. The van der Waals surface area contributed by atoms with Crippen LogP contribution in [0.5, 0.6) is 5.75 Å². The molecule has 7 heteroatoms. The maximum atomic E-state index is 12.5. The van der Waals surface area contributed by atoms with Crippen LogP contribution in [0.2, 0.25) is 0 Å². The normalized spacial score (nSPS) is 13.6. The van der Waals surface area contributed by atoms with Crippen molar-refractivity contribution >= 4 is 45.3 Å². The minimum Gasteiger partial charge on any atom is -0.492 e. The molecule has 2 aromatic rings. The summed E-state index contributed by atoms with van der Waals surface area (Å²) in [6.07, 6.45) is 6.59. The number of methoxy groups -OCH3 is 1. The largest absolute Gasteiger partial charge is 0.492 e. The van der Waals surface area contributed by atoms with Crippen LogP contribution in [-0.2, 0) is 17.6 Å². The number of hydrogen-bond acceptors (Lipinski definition) is 5. The van der Waals surface area contributed by atoms with Gasteiger partial charge in [-0.15, -0.1) is 11.3 Å². The summed E-state index contributed by atoms with van der Waals surface area (Å²) < 4.78 is 10.7. The highest BCUT2D eigenvalue weighted by Gasteiger charge is 2.25. The van der Waals surface area contributed by atoms with Crippen molar-refractivity contribution in [3.05, 3.63) is 40.3 Å². The van der Waals surface area contributed by atoms with Crippen molar-refractivity contribution in [3.63, 3.8) is 0 Å². The zero-order valence-corrected chi connectivity index (χ0v) is 17.9. The zero-order valence-electron chi connectivity index (χ0n) is 16.3. The van der Waals surface area contributed by atoms with Crippen molar-refractivity contribution in [1.29, 1.82) is 0 Å². The van der Waals surface area contributed by atoms with Crippen LogP contribution in [0.3, 0.4) is 0 Å². The van der Waals surface area contributed by atoms with E-state index in [2.05, 4.69) is 10.6 Å². The number of fused-ring (bicyclic) bond motifs is 1. The van der Waals surface area contributed by atoms with Gasteiger partial charge >= 0.3 is 5.97 Å². The Kier molecular flexibility index (Phi) is 7.28. The number of carbonyl (C=O) groups is 1. The Hall–Kier alpha value is -2.12. The summed E-state index contributed by atoms with van der Waals surface area (Å²) in [5, 5.41) is 7.58. The van der Waals surface area contributed by atoms with E-state index in [0.29, 0.717) is 17.3 Å². The fourth-order valence-corrected chi connectivity index (χ4v) is 4.99. The summed E-state index contributed by atoms with van der Waals surface area (Å²) in [7, 11) is 1.42. The van der Waals surface area contributed by atoms with Crippen LogP contribution in [0.25, 0.3) is 0 Å². The molecule has 0 atom stereocenters. The molecule has 1 aliphatic carbocycles. The van der Waals surface area contributed by atoms with E-state index in [-0.39, 0.29) is 5.97 Å². The van der Waals surface area contributed by atoms with Crippen LogP contribution in [0, 0.1) is 0 Å². The molecule has 0 amide bonds. The van der Waals surface area contributed by atoms with Gasteiger partial charge in [0.1, 0.15) is 10.8 Å². The monoisotopic (exact) mass is 418 g/mol. The molecular weight excluding hydrogens is 392 g/mol. The maximum absolute atomic E-state index is 12.5. The van der Waals surface area contributed by atoms with Crippen LogP contribution in [0.15, 0.2) is 24.3 Å². The van der Waals surface area contributed by atoms with Gasteiger partial charge in [-0.3, -0.25) is 0 Å². The minimum absolute atomic E-state index is 0.307. The average Bonchev–Trinajstić information content (AvgIpc) is 2.99. The molecule has 0 aliphatic heterocycles. The third-order valence-corrected chi connectivity index (χ3v) is 6.13. The summed E-state index contributed by atoms with van der Waals surface area (Å²) in [6.45, 7) is 2.51. The van der Waals surface area contributed by atoms with E-state index in [1.165, 1.54) is 24.8 Å². The molecular formula is C21H26N2O3S2. The lowest BCUT2D eigenvalue weighted by atomic mass is 9.96. The van der Waals surface area contributed by atoms with Crippen LogP contribution < -0.4 is 15.4 Å². The highest BCUT2D eigenvalue weighted by Crippen LogP contribution is 2.37. The number of anilines is 2. The molecule has 150 valence electrons. The van der Waals surface area contributed by atoms with Gasteiger partial charge in [-0.05, 0) is 62.5 Å². The highest BCUT2D eigenvalue weighted by atomic mass is 32.1. The molecule has 2 N–H and O–H groups in total. The Morgan fingerprint density at radius 2 is 1.89 bits per heavy atom. The van der Waals surface area contributed by atoms with E-state index in [1.807, 2.05) is 31.2 Å². The minimum atomic E-state index is -0.307. The molecule has 0 saturated carbocycles. The van der Waals surface area contributed by atoms with Gasteiger partial charge in [0.25, 0.3) is 0 Å². The Labute approximate surface area is 175 Å². The predicted octanol–water partition coefficient (Wildman–Crippen LogP) is 5.40. The molecule has 0 saturated heterocycles. The van der Waals surface area contributed by atoms with Gasteiger partial charge in [0.05, 0.1) is 25.0 Å². The second-order valence-electron chi connectivity index (χ2n) is 6.62. The Balaban J connectivity index is 1.84. The fourth-order valence-electron chi connectivity index (χ4n) is 3.43. The standard InChI is InChI=1S/C21H26N2O3S2/c1-3-26-16-12-9-8-11-15(16)22-21(27)23-19-18(20(24)25-2)14-10-6-4-5-7-13-17(14)28-19/h8-9,11-12H,3-7,10,13H2,1-2H3,(H2,22,23,27). The number of carbonyl (C=O) groups excluding carboxylic acids is 1. The highest BCUT2D eigenvalue weighted by molar-refractivity contribution is 7.80. The SMILES string of the molecule is CCOc1ccccc1NC(=S)Nc1sc2c(c1C(=O)OC)CCCCCC2. The number of rotatable bonds is 5. The molecule has 3 rings (SSSR count). The Bertz CT molecular complexity index is 848. The summed E-state index contributed by atoms with van der Waals surface area (Å²) in [6, 6.07) is 7.64. The number of benzene rings is 1. The number of aryl methyl sites for hydroxylation is 1. The van der Waals surface area contributed by atoms with Crippen molar-refractivity contribution in [2.75, 3.05) is 24.4 Å². The number of para-hydroxylation sites is 2. The molecule has 1 aromatic carbocycles.